The third-order valence-electron chi connectivity index (χ3n) is 5.86. The minimum atomic E-state index is -0.877. The highest BCUT2D eigenvalue weighted by molar-refractivity contribution is 5.50. The van der Waals surface area contributed by atoms with Crippen LogP contribution < -0.4 is 20.1 Å². The number of benzene rings is 1. The first-order valence-corrected chi connectivity index (χ1v) is 10.5. The first-order valence-electron chi connectivity index (χ1n) is 10.5. The Morgan fingerprint density at radius 1 is 1.27 bits per heavy atom. The Bertz CT molecular complexity index is 1250. The smallest absolute Gasteiger partial charge is 0.352 e. The maximum absolute atomic E-state index is 14.5. The van der Waals surface area contributed by atoms with Gasteiger partial charge in [-0.2, -0.15) is 10.1 Å². The fourth-order valence-corrected chi connectivity index (χ4v) is 4.21. The van der Waals surface area contributed by atoms with E-state index in [1.54, 1.807) is 17.7 Å². The number of rotatable bonds is 5. The topological polar surface area (TPSA) is 83.6 Å². The number of hydrogen-bond donors (Lipinski definition) is 0. The summed E-state index contributed by atoms with van der Waals surface area (Å²) in [6.07, 6.45) is 2.87. The van der Waals surface area contributed by atoms with Gasteiger partial charge in [-0.05, 0) is 31.5 Å². The van der Waals surface area contributed by atoms with Gasteiger partial charge in [0.25, 0.3) is 0 Å². The molecule has 9 nitrogen and oxygen atoms in total. The largest absolute Gasteiger partial charge is 0.473 e. The lowest BCUT2D eigenvalue weighted by Gasteiger charge is -2.42. The number of aryl methyl sites for hydroxylation is 1. The van der Waals surface area contributed by atoms with E-state index < -0.39 is 23.1 Å². The highest BCUT2D eigenvalue weighted by Gasteiger charge is 2.45. The molecule has 1 aromatic carbocycles. The van der Waals surface area contributed by atoms with E-state index in [1.165, 1.54) is 17.1 Å². The summed E-state index contributed by atoms with van der Waals surface area (Å²) < 4.78 is 48.7. The summed E-state index contributed by atoms with van der Waals surface area (Å²) in [5, 5.41) is 3.90. The molecule has 2 aromatic heterocycles. The van der Waals surface area contributed by atoms with Crippen LogP contribution >= 0.6 is 0 Å². The van der Waals surface area contributed by atoms with E-state index in [4.69, 9.17) is 14.2 Å². The number of ether oxygens (including phenoxy) is 3. The molecule has 1 fully saturated rings. The quantitative estimate of drug-likeness (QED) is 0.580. The molecular formula is C22H23F2N5O4. The number of morpholine rings is 1. The Labute approximate surface area is 188 Å². The standard InChI is InChI=1S/C22H23F2N5O4/c1-13-8-29-19-6-18(26-21(30)28(19)11-22(29,2)12-32-13)31-10-14-4-16(23)20(17(24)5-14)33-15-7-25-27(3)9-15/h4-7,9,13H,8,10-12H2,1-3H3/t13-,22+/m0/s1. The molecule has 2 aliphatic heterocycles. The van der Waals surface area contributed by atoms with Crippen molar-refractivity contribution < 1.29 is 23.0 Å². The van der Waals surface area contributed by atoms with Gasteiger partial charge in [-0.3, -0.25) is 9.25 Å². The molecule has 0 N–H and O–H groups in total. The van der Waals surface area contributed by atoms with Crippen molar-refractivity contribution in [3.05, 3.63) is 58.3 Å². The molecule has 0 unspecified atom stereocenters. The molecule has 2 aliphatic rings. The molecule has 0 bridgehead atoms. The van der Waals surface area contributed by atoms with Crippen molar-refractivity contribution in [1.82, 2.24) is 19.3 Å². The van der Waals surface area contributed by atoms with Gasteiger partial charge in [0.1, 0.15) is 12.4 Å². The second kappa shape index (κ2) is 7.84. The second-order valence-electron chi connectivity index (χ2n) is 8.68. The van der Waals surface area contributed by atoms with E-state index in [1.807, 2.05) is 13.8 Å². The normalized spacial score (nSPS) is 21.6. The first kappa shape index (κ1) is 21.4. The molecule has 1 saturated heterocycles. The zero-order valence-corrected chi connectivity index (χ0v) is 18.4. The van der Waals surface area contributed by atoms with Crippen molar-refractivity contribution >= 4 is 5.82 Å². The van der Waals surface area contributed by atoms with E-state index in [0.717, 1.165) is 12.1 Å². The van der Waals surface area contributed by atoms with Gasteiger partial charge in [0.2, 0.25) is 5.88 Å². The van der Waals surface area contributed by atoms with Gasteiger partial charge in [-0.15, -0.1) is 0 Å². The molecule has 4 heterocycles. The third kappa shape index (κ3) is 3.92. The number of anilines is 1. The van der Waals surface area contributed by atoms with E-state index in [2.05, 4.69) is 15.0 Å². The fourth-order valence-electron chi connectivity index (χ4n) is 4.21. The summed E-state index contributed by atoms with van der Waals surface area (Å²) in [4.78, 5) is 18.7. The maximum atomic E-state index is 14.5. The molecule has 0 aliphatic carbocycles. The van der Waals surface area contributed by atoms with Gasteiger partial charge in [0.15, 0.2) is 23.1 Å². The van der Waals surface area contributed by atoms with Gasteiger partial charge in [0.05, 0.1) is 37.2 Å². The fraction of sp³-hybridized carbons (Fsp3) is 0.409. The Morgan fingerprint density at radius 3 is 2.73 bits per heavy atom. The average molecular weight is 459 g/mol. The molecule has 11 heteroatoms. The summed E-state index contributed by atoms with van der Waals surface area (Å²) >= 11 is 0. The predicted octanol–water partition coefficient (Wildman–Crippen LogP) is 2.62. The summed E-state index contributed by atoms with van der Waals surface area (Å²) in [6.45, 7) is 5.44. The molecule has 174 valence electrons. The first-order chi connectivity index (χ1) is 15.7. The summed E-state index contributed by atoms with van der Waals surface area (Å²) in [5.41, 5.74) is -0.547. The number of nitrogens with zero attached hydrogens (tertiary/aromatic N) is 5. The molecule has 5 rings (SSSR count). The molecule has 0 radical (unpaired) electrons. The van der Waals surface area contributed by atoms with Crippen molar-refractivity contribution in [2.24, 2.45) is 7.05 Å². The molecule has 0 amide bonds. The second-order valence-corrected chi connectivity index (χ2v) is 8.68. The van der Waals surface area contributed by atoms with Crippen LogP contribution in [0.1, 0.15) is 19.4 Å². The number of fused-ring (bicyclic) bond motifs is 3. The monoisotopic (exact) mass is 459 g/mol. The molecule has 0 spiro atoms. The lowest BCUT2D eigenvalue weighted by atomic mass is 10.0. The van der Waals surface area contributed by atoms with Gasteiger partial charge >= 0.3 is 5.69 Å². The highest BCUT2D eigenvalue weighted by atomic mass is 19.1. The van der Waals surface area contributed by atoms with Crippen LogP contribution in [0, 0.1) is 11.6 Å². The Balaban J connectivity index is 1.34. The number of hydrogen-bond acceptors (Lipinski definition) is 7. The molecule has 0 saturated carbocycles. The van der Waals surface area contributed by atoms with Crippen LogP contribution in [0.4, 0.5) is 14.6 Å². The summed E-state index contributed by atoms with van der Waals surface area (Å²) in [5.74, 6) is -1.28. The summed E-state index contributed by atoms with van der Waals surface area (Å²) in [7, 11) is 1.67. The van der Waals surface area contributed by atoms with Gasteiger partial charge in [-0.1, -0.05) is 0 Å². The SMILES string of the molecule is C[C@H]1CN2c3cc(OCc4cc(F)c(Oc5cnn(C)c5)c(F)c4)nc(=O)n3C[C@]2(C)CO1. The lowest BCUT2D eigenvalue weighted by Crippen LogP contribution is -2.55. The van der Waals surface area contributed by atoms with Crippen LogP contribution in [0.15, 0.2) is 35.4 Å². The van der Waals surface area contributed by atoms with Crippen molar-refractivity contribution in [1.29, 1.82) is 0 Å². The number of halogens is 2. The van der Waals surface area contributed by atoms with Crippen molar-refractivity contribution in [3.8, 4) is 17.4 Å². The van der Waals surface area contributed by atoms with Gasteiger partial charge in [0, 0.05) is 19.7 Å². The van der Waals surface area contributed by atoms with Crippen molar-refractivity contribution in [3.63, 3.8) is 0 Å². The van der Waals surface area contributed by atoms with Crippen LogP contribution in [0.5, 0.6) is 17.4 Å². The molecule has 33 heavy (non-hydrogen) atoms. The third-order valence-corrected chi connectivity index (χ3v) is 5.86. The Morgan fingerprint density at radius 2 is 2.03 bits per heavy atom. The average Bonchev–Trinajstić information content (AvgIpc) is 3.30. The zero-order valence-electron chi connectivity index (χ0n) is 18.4. The van der Waals surface area contributed by atoms with E-state index in [0.29, 0.717) is 25.5 Å². The van der Waals surface area contributed by atoms with E-state index >= 15 is 0 Å². The van der Waals surface area contributed by atoms with Crippen molar-refractivity contribution in [2.45, 2.75) is 38.6 Å². The minimum Gasteiger partial charge on any atom is -0.473 e. The minimum absolute atomic E-state index is 0.0237. The molecule has 3 aromatic rings. The number of aromatic nitrogens is 4. The Hall–Kier alpha value is -3.47. The predicted molar refractivity (Wildman–Crippen MR) is 114 cm³/mol. The van der Waals surface area contributed by atoms with E-state index in [9.17, 15) is 13.6 Å². The highest BCUT2D eigenvalue weighted by Crippen LogP contribution is 2.37. The summed E-state index contributed by atoms with van der Waals surface area (Å²) in [6, 6.07) is 3.92. The Kier molecular flexibility index (Phi) is 5.08. The van der Waals surface area contributed by atoms with Crippen LogP contribution in [0.3, 0.4) is 0 Å². The maximum Gasteiger partial charge on any atom is 0.352 e. The van der Waals surface area contributed by atoms with Crippen LogP contribution in [0.25, 0.3) is 0 Å². The van der Waals surface area contributed by atoms with Crippen LogP contribution in [0.2, 0.25) is 0 Å². The van der Waals surface area contributed by atoms with Crippen molar-refractivity contribution in [2.75, 3.05) is 18.1 Å². The molecule has 2 atom stereocenters. The van der Waals surface area contributed by atoms with Crippen LogP contribution in [-0.4, -0.2) is 44.1 Å². The van der Waals surface area contributed by atoms with Gasteiger partial charge in [-0.25, -0.2) is 13.6 Å². The van der Waals surface area contributed by atoms with E-state index in [-0.39, 0.29) is 35.4 Å². The zero-order chi connectivity index (χ0) is 23.3. The lowest BCUT2D eigenvalue weighted by molar-refractivity contribution is 0.00309. The molecular weight excluding hydrogens is 436 g/mol. The van der Waals surface area contributed by atoms with Gasteiger partial charge < -0.3 is 19.1 Å². The van der Waals surface area contributed by atoms with Crippen LogP contribution in [-0.2, 0) is 24.9 Å².